The van der Waals surface area contributed by atoms with E-state index < -0.39 is 0 Å². The number of rotatable bonds is 9. The highest BCUT2D eigenvalue weighted by molar-refractivity contribution is 5.66. The summed E-state index contributed by atoms with van der Waals surface area (Å²) >= 11 is 0. The van der Waals surface area contributed by atoms with Crippen molar-refractivity contribution in [3.8, 4) is 17.1 Å². The van der Waals surface area contributed by atoms with Crippen LogP contribution in [0.3, 0.4) is 0 Å². The lowest BCUT2D eigenvalue weighted by Gasteiger charge is -2.22. The Morgan fingerprint density at radius 2 is 1.76 bits per heavy atom. The third-order valence-electron chi connectivity index (χ3n) is 6.04. The molecule has 0 aliphatic carbocycles. The Labute approximate surface area is 201 Å². The van der Waals surface area contributed by atoms with Crippen LogP contribution in [0.25, 0.3) is 11.3 Å². The van der Waals surface area contributed by atoms with Crippen LogP contribution in [-0.4, -0.2) is 63.9 Å². The average molecular weight is 464 g/mol. The van der Waals surface area contributed by atoms with Gasteiger partial charge in [-0.15, -0.1) is 0 Å². The van der Waals surface area contributed by atoms with Crippen LogP contribution in [-0.2, 0) is 17.6 Å². The van der Waals surface area contributed by atoms with Crippen molar-refractivity contribution in [1.29, 1.82) is 0 Å². The first-order valence-corrected chi connectivity index (χ1v) is 11.9. The molecule has 4 rings (SSSR count). The fourth-order valence-electron chi connectivity index (χ4n) is 4.32. The molecule has 9 heteroatoms. The van der Waals surface area contributed by atoms with Gasteiger partial charge in [-0.05, 0) is 38.8 Å². The van der Waals surface area contributed by atoms with E-state index >= 15 is 0 Å². The van der Waals surface area contributed by atoms with Crippen LogP contribution in [0.5, 0.6) is 5.88 Å². The van der Waals surface area contributed by atoms with Crippen molar-refractivity contribution in [2.45, 2.75) is 52.7 Å². The Morgan fingerprint density at radius 3 is 2.41 bits per heavy atom. The zero-order valence-electron chi connectivity index (χ0n) is 20.6. The average Bonchev–Trinajstić information content (AvgIpc) is 3.26. The summed E-state index contributed by atoms with van der Waals surface area (Å²) in [6.07, 6.45) is 5.05. The Hall–Kier alpha value is -3.33. The van der Waals surface area contributed by atoms with Gasteiger partial charge in [-0.3, -0.25) is 0 Å². The van der Waals surface area contributed by atoms with Crippen LogP contribution in [0.15, 0.2) is 30.6 Å². The molecule has 2 atom stereocenters. The lowest BCUT2D eigenvalue weighted by Crippen LogP contribution is -2.35. The summed E-state index contributed by atoms with van der Waals surface area (Å²) in [5.41, 5.74) is 4.59. The number of anilines is 2. The predicted molar refractivity (Wildman–Crippen MR) is 132 cm³/mol. The number of hydrogen-bond acceptors (Lipinski definition) is 9. The topological polar surface area (TPSA) is 98.2 Å². The zero-order valence-corrected chi connectivity index (χ0v) is 20.6. The molecule has 0 radical (unpaired) electrons. The van der Waals surface area contributed by atoms with Gasteiger partial charge in [0.05, 0.1) is 42.0 Å². The molecule has 1 N–H and O–H groups in total. The normalized spacial score (nSPS) is 17.7. The van der Waals surface area contributed by atoms with Crippen molar-refractivity contribution >= 4 is 11.8 Å². The van der Waals surface area contributed by atoms with E-state index in [9.17, 15) is 0 Å². The van der Waals surface area contributed by atoms with Gasteiger partial charge in [-0.2, -0.15) is 0 Å². The molecule has 0 saturated carbocycles. The number of aryl methyl sites for hydroxylation is 3. The fraction of sp³-hybridized carbons (Fsp3) is 0.480. The summed E-state index contributed by atoms with van der Waals surface area (Å²) < 4.78 is 11.3. The number of aromatic nitrogens is 5. The maximum Gasteiger partial charge on any atom is 0.225 e. The van der Waals surface area contributed by atoms with Gasteiger partial charge in [0, 0.05) is 43.7 Å². The molecule has 0 aromatic carbocycles. The first-order valence-electron chi connectivity index (χ1n) is 11.9. The largest absolute Gasteiger partial charge is 0.481 e. The second kappa shape index (κ2) is 10.7. The van der Waals surface area contributed by atoms with Crippen LogP contribution in [0.2, 0.25) is 0 Å². The van der Waals surface area contributed by atoms with Gasteiger partial charge < -0.3 is 19.7 Å². The third-order valence-corrected chi connectivity index (χ3v) is 6.04. The zero-order chi connectivity index (χ0) is 24.1. The first kappa shape index (κ1) is 23.8. The summed E-state index contributed by atoms with van der Waals surface area (Å²) in [7, 11) is 1.62. The Bertz CT molecular complexity index is 1110. The van der Waals surface area contributed by atoms with Gasteiger partial charge in [0.25, 0.3) is 0 Å². The van der Waals surface area contributed by atoms with E-state index in [4.69, 9.17) is 19.4 Å². The van der Waals surface area contributed by atoms with E-state index in [1.807, 2.05) is 32.0 Å². The van der Waals surface area contributed by atoms with Gasteiger partial charge in [0.2, 0.25) is 11.8 Å². The number of ether oxygens (including phenoxy) is 2. The minimum atomic E-state index is -0.00176. The summed E-state index contributed by atoms with van der Waals surface area (Å²) in [6.45, 7) is 10.3. The second-order valence-corrected chi connectivity index (χ2v) is 8.21. The Morgan fingerprint density at radius 1 is 1.00 bits per heavy atom. The van der Waals surface area contributed by atoms with E-state index in [0.29, 0.717) is 18.4 Å². The maximum absolute atomic E-state index is 6.07. The number of nitrogens with one attached hydrogen (secondary N) is 1. The summed E-state index contributed by atoms with van der Waals surface area (Å²) in [6, 6.07) is 5.75. The minimum absolute atomic E-state index is 0.00176. The number of methoxy groups -OCH3 is 1. The molecule has 1 aliphatic heterocycles. The summed E-state index contributed by atoms with van der Waals surface area (Å²) in [5.74, 6) is 2.12. The molecular formula is C25H33N7O2. The maximum atomic E-state index is 6.07. The Balaban J connectivity index is 1.65. The van der Waals surface area contributed by atoms with Gasteiger partial charge in [0.15, 0.2) is 0 Å². The highest BCUT2D eigenvalue weighted by atomic mass is 16.5. The summed E-state index contributed by atoms with van der Waals surface area (Å²) in [4.78, 5) is 25.6. The summed E-state index contributed by atoms with van der Waals surface area (Å²) in [5, 5.41) is 3.65. The molecule has 2 unspecified atom stereocenters. The molecule has 4 heterocycles. The Kier molecular flexibility index (Phi) is 7.52. The number of nitrogens with zero attached hydrogens (tertiary/aromatic N) is 6. The van der Waals surface area contributed by atoms with E-state index in [1.54, 1.807) is 19.5 Å². The highest BCUT2D eigenvalue weighted by Gasteiger charge is 2.35. The van der Waals surface area contributed by atoms with Crippen molar-refractivity contribution in [2.75, 3.05) is 37.0 Å². The smallest absolute Gasteiger partial charge is 0.225 e. The molecule has 180 valence electrons. The quantitative estimate of drug-likeness (QED) is 0.511. The number of pyridine rings is 1. The van der Waals surface area contributed by atoms with Crippen molar-refractivity contribution in [3.05, 3.63) is 47.7 Å². The van der Waals surface area contributed by atoms with Gasteiger partial charge in [-0.1, -0.05) is 13.8 Å². The molecule has 34 heavy (non-hydrogen) atoms. The van der Waals surface area contributed by atoms with Crippen molar-refractivity contribution < 1.29 is 9.47 Å². The van der Waals surface area contributed by atoms with E-state index in [1.165, 1.54) is 0 Å². The van der Waals surface area contributed by atoms with Crippen LogP contribution in [0, 0.1) is 6.92 Å². The van der Waals surface area contributed by atoms with Crippen LogP contribution in [0.1, 0.15) is 37.9 Å². The molecule has 1 saturated heterocycles. The van der Waals surface area contributed by atoms with E-state index in [-0.39, 0.29) is 12.1 Å². The lowest BCUT2D eigenvalue weighted by atomic mass is 10.1. The van der Waals surface area contributed by atoms with E-state index in [0.717, 1.165) is 60.1 Å². The fourth-order valence-corrected chi connectivity index (χ4v) is 4.32. The number of hydrogen-bond donors (Lipinski definition) is 1. The molecule has 0 bridgehead atoms. The first-order chi connectivity index (χ1) is 16.6. The van der Waals surface area contributed by atoms with Crippen LogP contribution in [0.4, 0.5) is 11.8 Å². The molecular weight excluding hydrogens is 430 g/mol. The second-order valence-electron chi connectivity index (χ2n) is 8.21. The highest BCUT2D eigenvalue weighted by Crippen LogP contribution is 2.29. The standard InChI is InChI=1S/C25H33N7O2/c1-6-18-23(17-10-11-22(33-5)28-16(17)4)29-19(7-2)24(30-18)31-20-14-32(15-21(20)34-8-3)25-26-12-9-13-27-25/h9-13,20-21H,6-8,14-15H2,1-5H3,(H,30,31). The third kappa shape index (κ3) is 4.94. The molecule has 0 amide bonds. The van der Waals surface area contributed by atoms with E-state index in [2.05, 4.69) is 39.0 Å². The molecule has 1 aliphatic rings. The minimum Gasteiger partial charge on any atom is -0.481 e. The van der Waals surface area contributed by atoms with Crippen LogP contribution < -0.4 is 15.0 Å². The molecule has 3 aromatic rings. The van der Waals surface area contributed by atoms with Crippen LogP contribution >= 0.6 is 0 Å². The molecule has 1 fully saturated rings. The molecule has 3 aromatic heterocycles. The molecule has 0 spiro atoms. The monoisotopic (exact) mass is 463 g/mol. The molecule has 9 nitrogen and oxygen atoms in total. The van der Waals surface area contributed by atoms with Crippen molar-refractivity contribution in [3.63, 3.8) is 0 Å². The lowest BCUT2D eigenvalue weighted by molar-refractivity contribution is 0.0719. The van der Waals surface area contributed by atoms with Gasteiger partial charge in [-0.25, -0.2) is 24.9 Å². The van der Waals surface area contributed by atoms with Gasteiger partial charge in [0.1, 0.15) is 5.82 Å². The van der Waals surface area contributed by atoms with Crippen molar-refractivity contribution in [1.82, 2.24) is 24.9 Å². The van der Waals surface area contributed by atoms with Crippen molar-refractivity contribution in [2.24, 2.45) is 0 Å². The predicted octanol–water partition coefficient (Wildman–Crippen LogP) is 3.48. The van der Waals surface area contributed by atoms with Gasteiger partial charge >= 0.3 is 0 Å². The SMILES string of the molecule is CCOC1CN(c2ncccn2)CC1Nc1nc(CC)c(-c2ccc(OC)nc2C)nc1CC.